The number of carboxylic acid groups (broad SMARTS) is 1. The average molecular weight is 225 g/mol. The van der Waals surface area contributed by atoms with E-state index in [2.05, 4.69) is 5.32 Å². The molecule has 4 heteroatoms. The van der Waals surface area contributed by atoms with Gasteiger partial charge in [-0.1, -0.05) is 6.07 Å². The lowest BCUT2D eigenvalue weighted by Gasteiger charge is -2.25. The monoisotopic (exact) mass is 225 g/mol. The molecule has 0 saturated carbocycles. The Hall–Kier alpha value is -1.58. The molecule has 0 aliphatic rings. The second kappa shape index (κ2) is 4.51. The molecule has 0 heterocycles. The summed E-state index contributed by atoms with van der Waals surface area (Å²) in [4.78, 5) is 10.6. The van der Waals surface area contributed by atoms with Crippen molar-refractivity contribution in [1.82, 2.24) is 5.32 Å². The summed E-state index contributed by atoms with van der Waals surface area (Å²) in [7, 11) is 0. The lowest BCUT2D eigenvalue weighted by molar-refractivity contribution is 0.182. The maximum absolute atomic E-state index is 12.9. The molecule has 0 aliphatic heterocycles. The summed E-state index contributed by atoms with van der Waals surface area (Å²) in [5.74, 6) is -0.273. The number of amides is 1. The third-order valence-electron chi connectivity index (χ3n) is 2.38. The van der Waals surface area contributed by atoms with Crippen molar-refractivity contribution in [2.75, 3.05) is 0 Å². The van der Waals surface area contributed by atoms with Gasteiger partial charge in [0.25, 0.3) is 0 Å². The Bertz CT molecular complexity index is 402. The minimum Gasteiger partial charge on any atom is -0.465 e. The van der Waals surface area contributed by atoms with Crippen LogP contribution in [0, 0.1) is 12.7 Å². The molecule has 1 aromatic carbocycles. The molecule has 0 saturated heterocycles. The fourth-order valence-corrected chi connectivity index (χ4v) is 1.67. The van der Waals surface area contributed by atoms with Crippen LogP contribution in [0.2, 0.25) is 0 Å². The fraction of sp³-hybridized carbons (Fsp3) is 0.417. The Labute approximate surface area is 94.3 Å². The van der Waals surface area contributed by atoms with Crippen LogP contribution in [0.25, 0.3) is 0 Å². The second-order valence-electron chi connectivity index (χ2n) is 4.56. The van der Waals surface area contributed by atoms with Gasteiger partial charge in [0.15, 0.2) is 0 Å². The standard InChI is InChI=1S/C12H16FNO2/c1-8-6-10(13)5-4-9(8)7-12(2,3)14-11(15)16/h4-6,14H,7H2,1-3H3,(H,15,16). The Kier molecular flexibility index (Phi) is 3.52. The van der Waals surface area contributed by atoms with Crippen molar-refractivity contribution in [2.24, 2.45) is 0 Å². The largest absolute Gasteiger partial charge is 0.465 e. The topological polar surface area (TPSA) is 49.3 Å². The van der Waals surface area contributed by atoms with Crippen molar-refractivity contribution in [1.29, 1.82) is 0 Å². The molecule has 0 radical (unpaired) electrons. The van der Waals surface area contributed by atoms with E-state index in [0.717, 1.165) is 11.1 Å². The third-order valence-corrected chi connectivity index (χ3v) is 2.38. The van der Waals surface area contributed by atoms with Gasteiger partial charge in [-0.05, 0) is 50.5 Å². The number of rotatable bonds is 3. The first-order chi connectivity index (χ1) is 7.30. The van der Waals surface area contributed by atoms with E-state index in [9.17, 15) is 9.18 Å². The van der Waals surface area contributed by atoms with Gasteiger partial charge >= 0.3 is 6.09 Å². The minimum atomic E-state index is -1.05. The maximum Gasteiger partial charge on any atom is 0.405 e. The molecule has 1 amide bonds. The van der Waals surface area contributed by atoms with Gasteiger partial charge in [-0.2, -0.15) is 0 Å². The van der Waals surface area contributed by atoms with E-state index < -0.39 is 11.6 Å². The molecule has 16 heavy (non-hydrogen) atoms. The smallest absolute Gasteiger partial charge is 0.405 e. The molecule has 0 atom stereocenters. The van der Waals surface area contributed by atoms with Crippen LogP contribution in [0.1, 0.15) is 25.0 Å². The number of halogens is 1. The van der Waals surface area contributed by atoms with E-state index in [0.29, 0.717) is 6.42 Å². The van der Waals surface area contributed by atoms with Crippen molar-refractivity contribution in [3.05, 3.63) is 35.1 Å². The van der Waals surface area contributed by atoms with Crippen LogP contribution in [0.4, 0.5) is 9.18 Å². The fourth-order valence-electron chi connectivity index (χ4n) is 1.67. The van der Waals surface area contributed by atoms with Crippen LogP contribution >= 0.6 is 0 Å². The van der Waals surface area contributed by atoms with Crippen molar-refractivity contribution in [3.8, 4) is 0 Å². The predicted molar refractivity (Wildman–Crippen MR) is 60.1 cm³/mol. The zero-order chi connectivity index (χ0) is 12.3. The zero-order valence-corrected chi connectivity index (χ0v) is 9.67. The van der Waals surface area contributed by atoms with Crippen molar-refractivity contribution in [2.45, 2.75) is 32.7 Å². The first-order valence-electron chi connectivity index (χ1n) is 5.06. The number of aryl methyl sites for hydroxylation is 1. The minimum absolute atomic E-state index is 0.273. The van der Waals surface area contributed by atoms with Crippen LogP contribution in [0.15, 0.2) is 18.2 Å². The second-order valence-corrected chi connectivity index (χ2v) is 4.56. The van der Waals surface area contributed by atoms with Crippen molar-refractivity contribution in [3.63, 3.8) is 0 Å². The van der Waals surface area contributed by atoms with Crippen LogP contribution in [-0.2, 0) is 6.42 Å². The third kappa shape index (κ3) is 3.53. The van der Waals surface area contributed by atoms with Gasteiger partial charge in [-0.25, -0.2) is 9.18 Å². The summed E-state index contributed by atoms with van der Waals surface area (Å²) in [5.41, 5.74) is 1.22. The van der Waals surface area contributed by atoms with Gasteiger partial charge in [0, 0.05) is 5.54 Å². The summed E-state index contributed by atoms with van der Waals surface area (Å²) in [6.45, 7) is 5.41. The predicted octanol–water partition coefficient (Wildman–Crippen LogP) is 2.72. The Morgan fingerprint density at radius 3 is 2.62 bits per heavy atom. The van der Waals surface area contributed by atoms with Crippen LogP contribution < -0.4 is 5.32 Å². The Morgan fingerprint density at radius 2 is 2.12 bits per heavy atom. The van der Waals surface area contributed by atoms with Gasteiger partial charge in [-0.3, -0.25) is 0 Å². The van der Waals surface area contributed by atoms with E-state index in [4.69, 9.17) is 5.11 Å². The Balaban J connectivity index is 2.83. The van der Waals surface area contributed by atoms with Gasteiger partial charge < -0.3 is 10.4 Å². The number of carbonyl (C=O) groups is 1. The van der Waals surface area contributed by atoms with E-state index in [1.807, 2.05) is 6.92 Å². The summed E-state index contributed by atoms with van der Waals surface area (Å²) in [6.07, 6.45) is -0.518. The molecule has 0 spiro atoms. The summed E-state index contributed by atoms with van der Waals surface area (Å²) in [5, 5.41) is 11.1. The molecule has 0 aromatic heterocycles. The van der Waals surface area contributed by atoms with Crippen molar-refractivity contribution >= 4 is 6.09 Å². The molecule has 2 N–H and O–H groups in total. The number of hydrogen-bond acceptors (Lipinski definition) is 1. The van der Waals surface area contributed by atoms with Gasteiger partial charge in [0.1, 0.15) is 5.82 Å². The van der Waals surface area contributed by atoms with Gasteiger partial charge in [0.2, 0.25) is 0 Å². The van der Waals surface area contributed by atoms with Crippen LogP contribution in [0.5, 0.6) is 0 Å². The molecule has 0 unspecified atom stereocenters. The lowest BCUT2D eigenvalue weighted by Crippen LogP contribution is -2.44. The van der Waals surface area contributed by atoms with Gasteiger partial charge in [0.05, 0.1) is 0 Å². The van der Waals surface area contributed by atoms with Crippen LogP contribution in [0.3, 0.4) is 0 Å². The van der Waals surface area contributed by atoms with Gasteiger partial charge in [-0.15, -0.1) is 0 Å². The summed E-state index contributed by atoms with van der Waals surface area (Å²) in [6, 6.07) is 4.53. The molecule has 0 aliphatic carbocycles. The highest BCUT2D eigenvalue weighted by Gasteiger charge is 2.21. The first-order valence-corrected chi connectivity index (χ1v) is 5.06. The molecule has 1 aromatic rings. The molecule has 3 nitrogen and oxygen atoms in total. The molecular weight excluding hydrogens is 209 g/mol. The van der Waals surface area contributed by atoms with E-state index in [1.165, 1.54) is 12.1 Å². The zero-order valence-electron chi connectivity index (χ0n) is 9.67. The van der Waals surface area contributed by atoms with Crippen molar-refractivity contribution < 1.29 is 14.3 Å². The maximum atomic E-state index is 12.9. The lowest BCUT2D eigenvalue weighted by atomic mass is 9.92. The van der Waals surface area contributed by atoms with Crippen LogP contribution in [-0.4, -0.2) is 16.7 Å². The molecular formula is C12H16FNO2. The molecule has 0 fully saturated rings. The Morgan fingerprint density at radius 1 is 1.50 bits per heavy atom. The highest BCUT2D eigenvalue weighted by Crippen LogP contribution is 2.17. The highest BCUT2D eigenvalue weighted by molar-refractivity contribution is 5.65. The number of benzene rings is 1. The quantitative estimate of drug-likeness (QED) is 0.831. The molecule has 88 valence electrons. The van der Waals surface area contributed by atoms with E-state index in [-0.39, 0.29) is 5.82 Å². The summed E-state index contributed by atoms with van der Waals surface area (Å²) >= 11 is 0. The first kappa shape index (κ1) is 12.5. The van der Waals surface area contributed by atoms with E-state index in [1.54, 1.807) is 19.9 Å². The molecule has 0 bridgehead atoms. The van der Waals surface area contributed by atoms with E-state index >= 15 is 0 Å². The average Bonchev–Trinajstić information content (AvgIpc) is 2.07. The summed E-state index contributed by atoms with van der Waals surface area (Å²) < 4.78 is 12.9. The normalized spacial score (nSPS) is 11.2. The SMILES string of the molecule is Cc1cc(F)ccc1CC(C)(C)NC(=O)O. The number of nitrogens with one attached hydrogen (secondary N) is 1. The molecule has 1 rings (SSSR count). The number of hydrogen-bond donors (Lipinski definition) is 2. The highest BCUT2D eigenvalue weighted by atomic mass is 19.1.